The summed E-state index contributed by atoms with van der Waals surface area (Å²) in [6, 6.07) is 58.4. The average molecular weight is 1010 g/mol. The number of para-hydroxylation sites is 4. The molecule has 0 atom stereocenters. The van der Waals surface area contributed by atoms with Crippen molar-refractivity contribution < 1.29 is 13.9 Å². The lowest BCUT2D eigenvalue weighted by molar-refractivity contribution is 0.446. The van der Waals surface area contributed by atoms with Gasteiger partial charge >= 0.3 is 0 Å². The second-order valence-corrected chi connectivity index (χ2v) is 23.9. The van der Waals surface area contributed by atoms with Crippen LogP contribution >= 0.6 is 0 Å². The lowest BCUT2D eigenvalue weighted by Gasteiger charge is -2.28. The van der Waals surface area contributed by atoms with Crippen LogP contribution in [-0.2, 0) is 10.8 Å². The number of aromatic hydroxyl groups is 1. The van der Waals surface area contributed by atoms with Crippen LogP contribution in [0, 0.1) is 0 Å². The number of imidazole rings is 2. The molecule has 0 unspecified atom stereocenters. The first-order valence-electron chi connectivity index (χ1n) is 27.1. The van der Waals surface area contributed by atoms with Crippen molar-refractivity contribution in [1.82, 2.24) is 18.9 Å². The van der Waals surface area contributed by atoms with Crippen LogP contribution in [0.15, 0.2) is 173 Å². The van der Waals surface area contributed by atoms with Crippen molar-refractivity contribution in [3.8, 4) is 45.1 Å². The first-order valence-corrected chi connectivity index (χ1v) is 27.1. The maximum atomic E-state index is 12.8. The summed E-state index contributed by atoms with van der Waals surface area (Å²) in [5, 5.41) is 20.1. The van der Waals surface area contributed by atoms with E-state index < -0.39 is 0 Å². The molecule has 0 amide bonds. The van der Waals surface area contributed by atoms with Gasteiger partial charge in [0.05, 0.1) is 44.2 Å². The molecule has 0 spiro atoms. The number of pyridine rings is 1. The van der Waals surface area contributed by atoms with Gasteiger partial charge in [0.25, 0.3) is 0 Å². The molecular formula is C70H60N4O3. The molecule has 0 radical (unpaired) electrons. The van der Waals surface area contributed by atoms with Crippen LogP contribution in [0.3, 0.4) is 0 Å². The van der Waals surface area contributed by atoms with Crippen molar-refractivity contribution in [1.29, 1.82) is 0 Å². The van der Waals surface area contributed by atoms with E-state index in [0.29, 0.717) is 11.4 Å². The summed E-state index contributed by atoms with van der Waals surface area (Å²) in [6.07, 6.45) is 0. The third kappa shape index (κ3) is 7.02. The molecule has 1 N–H and O–H groups in total. The van der Waals surface area contributed by atoms with Crippen molar-refractivity contribution in [2.24, 2.45) is 0 Å². The topological polar surface area (TPSA) is 81.6 Å². The van der Waals surface area contributed by atoms with Crippen molar-refractivity contribution in [2.45, 2.75) is 91.9 Å². The average Bonchev–Trinajstić information content (AvgIpc) is 4.29. The number of phenolic OH excluding ortho intramolecular Hbond substituents is 1. The Kier molecular flexibility index (Phi) is 10.1. The van der Waals surface area contributed by atoms with E-state index in [-0.39, 0.29) is 28.4 Å². The van der Waals surface area contributed by atoms with E-state index in [1.165, 1.54) is 22.3 Å². The number of nitrogens with zero attached hydrogens (tertiary/aromatic N) is 4. The lowest BCUT2D eigenvalue weighted by atomic mass is 9.78. The van der Waals surface area contributed by atoms with E-state index in [1.807, 2.05) is 12.1 Å². The summed E-state index contributed by atoms with van der Waals surface area (Å²) < 4.78 is 18.0. The Hall–Kier alpha value is -8.68. The Balaban J connectivity index is 1.07. The van der Waals surface area contributed by atoms with Gasteiger partial charge < -0.3 is 13.9 Å². The van der Waals surface area contributed by atoms with Gasteiger partial charge in [-0.25, -0.2) is 9.97 Å². The van der Waals surface area contributed by atoms with E-state index >= 15 is 0 Å². The van der Waals surface area contributed by atoms with Crippen molar-refractivity contribution >= 4 is 93.3 Å². The van der Waals surface area contributed by atoms with Crippen molar-refractivity contribution in [3.05, 3.63) is 186 Å². The molecule has 77 heavy (non-hydrogen) atoms. The minimum Gasteiger partial charge on any atom is -0.507 e. The van der Waals surface area contributed by atoms with Gasteiger partial charge in [-0.1, -0.05) is 166 Å². The van der Waals surface area contributed by atoms with E-state index in [1.54, 1.807) is 0 Å². The normalized spacial score (nSPS) is 12.8. The summed E-state index contributed by atoms with van der Waals surface area (Å²) in [5.74, 6) is 1.26. The summed E-state index contributed by atoms with van der Waals surface area (Å²) in [7, 11) is 0. The molecule has 5 heterocycles. The Morgan fingerprint density at radius 3 is 1.82 bits per heavy atom. The van der Waals surface area contributed by atoms with Crippen LogP contribution in [0.25, 0.3) is 133 Å². The smallest absolute Gasteiger partial charge is 0.149 e. The first kappa shape index (κ1) is 46.8. The van der Waals surface area contributed by atoms with Gasteiger partial charge in [-0.15, -0.1) is 0 Å². The Bertz CT molecular complexity index is 4750. The Morgan fingerprint density at radius 1 is 0.468 bits per heavy atom. The molecule has 0 saturated carbocycles. The number of aromatic nitrogens is 4. The molecule has 7 nitrogen and oxygen atoms in total. The molecule has 14 rings (SSSR count). The van der Waals surface area contributed by atoms with Gasteiger partial charge in [-0.05, 0) is 123 Å². The summed E-state index contributed by atoms with van der Waals surface area (Å²) in [4.78, 5) is 11.5. The van der Waals surface area contributed by atoms with Gasteiger partial charge in [0, 0.05) is 43.6 Å². The highest BCUT2D eigenvalue weighted by Gasteiger charge is 2.31. The zero-order chi connectivity index (χ0) is 53.0. The van der Waals surface area contributed by atoms with E-state index in [4.69, 9.17) is 18.8 Å². The van der Waals surface area contributed by atoms with E-state index in [0.717, 1.165) is 121 Å². The summed E-state index contributed by atoms with van der Waals surface area (Å²) >= 11 is 0. The summed E-state index contributed by atoms with van der Waals surface area (Å²) in [6.45, 7) is 22.4. The van der Waals surface area contributed by atoms with Gasteiger partial charge in [-0.3, -0.25) is 8.97 Å². The third-order valence-electron chi connectivity index (χ3n) is 16.2. The first-order chi connectivity index (χ1) is 37.0. The number of hydrogen-bond acceptors (Lipinski definition) is 5. The maximum Gasteiger partial charge on any atom is 0.149 e. The second-order valence-electron chi connectivity index (χ2n) is 23.9. The monoisotopic (exact) mass is 1000 g/mol. The molecule has 0 aliphatic heterocycles. The van der Waals surface area contributed by atoms with Crippen LogP contribution in [0.4, 0.5) is 0 Å². The summed E-state index contributed by atoms with van der Waals surface area (Å²) in [5.41, 5.74) is 18.8. The van der Waals surface area contributed by atoms with Crippen LogP contribution in [0.1, 0.15) is 103 Å². The Morgan fingerprint density at radius 2 is 1.12 bits per heavy atom. The van der Waals surface area contributed by atoms with Crippen molar-refractivity contribution in [2.75, 3.05) is 0 Å². The zero-order valence-corrected chi connectivity index (χ0v) is 45.3. The molecule has 0 fully saturated rings. The van der Waals surface area contributed by atoms with Crippen LogP contribution < -0.4 is 0 Å². The highest BCUT2D eigenvalue weighted by atomic mass is 16.3. The molecule has 0 bridgehead atoms. The predicted molar refractivity (Wildman–Crippen MR) is 320 cm³/mol. The molecule has 5 aromatic heterocycles. The number of rotatable bonds is 6. The standard InChI is InChI=1S/C70H60N4O3/c1-38(2)48-32-41(40-20-12-11-13-21-40)33-49(39(3)4)64(48)74-57-28-19-25-46(63(57)72-68(74)53-34-42(69(5,6)7)35-54(65(53)75)70(8,9)10)45-24-18-27-56-62(45)71-67-51-37-60-52(36-50(51)43-22-14-16-26-55(43)73(56)67)61-59(76-60)31-30-47-44-23-15-17-29-58(44)77-66(47)61/h11-39,75H,1-10H3. The molecule has 14 aromatic rings. The minimum absolute atomic E-state index is 0.155. The maximum absolute atomic E-state index is 12.8. The molecule has 378 valence electrons. The fraction of sp³-hybridized carbons (Fsp3) is 0.200. The van der Waals surface area contributed by atoms with Gasteiger partial charge in [0.15, 0.2) is 0 Å². The number of furan rings is 2. The highest BCUT2D eigenvalue weighted by molar-refractivity contribution is 6.26. The SMILES string of the molecule is CC(C)c1cc(-c2ccccc2)cc(C(C)C)c1-n1c(-c2cc(C(C)(C)C)cc(C(C)(C)C)c2O)nc2c(-c3cccc4c3nc3c5cc6oc7ccc8c9ccccc9oc8c7c6cc5c5ccccc5n43)cccc21. The number of hydrogen-bond donors (Lipinski definition) is 1. The van der Waals surface area contributed by atoms with Crippen LogP contribution in [-0.4, -0.2) is 24.0 Å². The molecule has 0 aliphatic rings. The van der Waals surface area contributed by atoms with Crippen LogP contribution in [0.2, 0.25) is 0 Å². The van der Waals surface area contributed by atoms with Gasteiger partial charge in [0.1, 0.15) is 39.6 Å². The lowest BCUT2D eigenvalue weighted by Crippen LogP contribution is -2.17. The van der Waals surface area contributed by atoms with E-state index in [9.17, 15) is 5.11 Å². The predicted octanol–water partition coefficient (Wildman–Crippen LogP) is 19.5. The zero-order valence-electron chi connectivity index (χ0n) is 45.3. The van der Waals surface area contributed by atoms with Gasteiger partial charge in [-0.2, -0.15) is 0 Å². The molecule has 9 aromatic carbocycles. The largest absolute Gasteiger partial charge is 0.507 e. The fourth-order valence-corrected chi connectivity index (χ4v) is 12.3. The molecule has 0 saturated heterocycles. The number of phenols is 1. The molecule has 7 heteroatoms. The Labute approximate surface area is 447 Å². The quantitative estimate of drug-likeness (QED) is 0.168. The second kappa shape index (κ2) is 16.7. The van der Waals surface area contributed by atoms with Crippen LogP contribution in [0.5, 0.6) is 5.75 Å². The van der Waals surface area contributed by atoms with Gasteiger partial charge in [0.2, 0.25) is 0 Å². The van der Waals surface area contributed by atoms with E-state index in [2.05, 4.69) is 230 Å². The third-order valence-corrected chi connectivity index (χ3v) is 16.2. The number of fused-ring (bicyclic) bond motifs is 16. The fourth-order valence-electron chi connectivity index (χ4n) is 12.3. The molecular weight excluding hydrogens is 945 g/mol. The molecule has 0 aliphatic carbocycles. The highest BCUT2D eigenvalue weighted by Crippen LogP contribution is 2.48. The number of benzene rings is 9. The minimum atomic E-state index is -0.351. The van der Waals surface area contributed by atoms with Crippen molar-refractivity contribution in [3.63, 3.8) is 0 Å².